The first kappa shape index (κ1) is 12.7. The molecule has 0 amide bonds. The molecule has 2 aromatic rings. The molecular formula is C13H15BrN2S. The molecule has 1 aromatic heterocycles. The molecule has 0 spiro atoms. The number of benzene rings is 1. The molecule has 2 rings (SSSR count). The molecule has 0 saturated heterocycles. The van der Waals surface area contributed by atoms with Gasteiger partial charge >= 0.3 is 0 Å². The highest BCUT2D eigenvalue weighted by Gasteiger charge is 2.07. The Kier molecular flexibility index (Phi) is 4.71. The van der Waals surface area contributed by atoms with Crippen molar-refractivity contribution in [1.82, 2.24) is 10.3 Å². The lowest BCUT2D eigenvalue weighted by Crippen LogP contribution is -2.19. The van der Waals surface area contributed by atoms with Crippen LogP contribution in [-0.4, -0.2) is 11.5 Å². The number of rotatable bonds is 5. The van der Waals surface area contributed by atoms with Crippen LogP contribution < -0.4 is 5.32 Å². The summed E-state index contributed by atoms with van der Waals surface area (Å²) < 4.78 is 1.13. The third-order valence-electron chi connectivity index (χ3n) is 2.54. The number of nitrogens with zero attached hydrogens (tertiary/aromatic N) is 1. The number of halogens is 1. The molecule has 1 heterocycles. The van der Waals surface area contributed by atoms with E-state index >= 15 is 0 Å². The summed E-state index contributed by atoms with van der Waals surface area (Å²) in [5.41, 5.74) is 1.30. The molecule has 90 valence electrons. The third kappa shape index (κ3) is 3.91. The summed E-state index contributed by atoms with van der Waals surface area (Å²) in [6, 6.07) is 8.37. The van der Waals surface area contributed by atoms with Gasteiger partial charge in [0.05, 0.1) is 5.01 Å². The molecule has 4 heteroatoms. The second-order valence-electron chi connectivity index (χ2n) is 4.03. The zero-order valence-electron chi connectivity index (χ0n) is 9.69. The second-order valence-corrected chi connectivity index (χ2v) is 5.87. The van der Waals surface area contributed by atoms with Gasteiger partial charge in [0, 0.05) is 35.1 Å². The average molecular weight is 311 g/mol. The number of aromatic nitrogens is 1. The Morgan fingerprint density at radius 2 is 2.35 bits per heavy atom. The first-order valence-corrected chi connectivity index (χ1v) is 7.27. The molecule has 1 atom stereocenters. The fourth-order valence-corrected chi connectivity index (χ4v) is 2.79. The van der Waals surface area contributed by atoms with Crippen LogP contribution in [0.25, 0.3) is 0 Å². The normalized spacial score (nSPS) is 12.6. The molecule has 0 radical (unpaired) electrons. The standard InChI is InChI=1S/C13H15BrN2S/c1-10(13-16-5-6-17-13)8-15-9-11-3-2-4-12(14)7-11/h2-7,10,15H,8-9H2,1H3. The zero-order chi connectivity index (χ0) is 12.1. The number of hydrogen-bond donors (Lipinski definition) is 1. The summed E-state index contributed by atoms with van der Waals surface area (Å²) in [6.07, 6.45) is 1.87. The van der Waals surface area contributed by atoms with Crippen molar-refractivity contribution >= 4 is 27.3 Å². The maximum Gasteiger partial charge on any atom is 0.0965 e. The Morgan fingerprint density at radius 1 is 1.47 bits per heavy atom. The third-order valence-corrected chi connectivity index (χ3v) is 4.04. The van der Waals surface area contributed by atoms with Gasteiger partial charge in [-0.25, -0.2) is 4.98 Å². The predicted octanol–water partition coefficient (Wildman–Crippen LogP) is 3.80. The Morgan fingerprint density at radius 3 is 3.06 bits per heavy atom. The first-order chi connectivity index (χ1) is 8.25. The molecule has 2 nitrogen and oxygen atoms in total. The van der Waals surface area contributed by atoms with Gasteiger partial charge in [0.15, 0.2) is 0 Å². The summed E-state index contributed by atoms with van der Waals surface area (Å²) in [7, 11) is 0. The van der Waals surface area contributed by atoms with E-state index in [4.69, 9.17) is 0 Å². The molecule has 1 N–H and O–H groups in total. The van der Waals surface area contributed by atoms with Crippen LogP contribution >= 0.6 is 27.3 Å². The van der Waals surface area contributed by atoms with E-state index in [-0.39, 0.29) is 0 Å². The monoisotopic (exact) mass is 310 g/mol. The molecular weight excluding hydrogens is 296 g/mol. The molecule has 0 fully saturated rings. The van der Waals surface area contributed by atoms with Gasteiger partial charge < -0.3 is 5.32 Å². The number of thiazole rings is 1. The Balaban J connectivity index is 1.80. The van der Waals surface area contributed by atoms with Crippen LogP contribution in [0.4, 0.5) is 0 Å². The van der Waals surface area contributed by atoms with Gasteiger partial charge in [0.2, 0.25) is 0 Å². The molecule has 0 bridgehead atoms. The van der Waals surface area contributed by atoms with E-state index in [1.165, 1.54) is 10.6 Å². The van der Waals surface area contributed by atoms with E-state index in [1.807, 2.05) is 17.6 Å². The molecule has 1 unspecified atom stereocenters. The summed E-state index contributed by atoms with van der Waals surface area (Å²) in [5.74, 6) is 0.474. The molecule has 17 heavy (non-hydrogen) atoms. The lowest BCUT2D eigenvalue weighted by atomic mass is 10.2. The van der Waals surface area contributed by atoms with Crippen LogP contribution in [0.2, 0.25) is 0 Å². The smallest absolute Gasteiger partial charge is 0.0965 e. The van der Waals surface area contributed by atoms with Gasteiger partial charge in [-0.05, 0) is 17.7 Å². The largest absolute Gasteiger partial charge is 0.312 e. The van der Waals surface area contributed by atoms with Crippen molar-refractivity contribution in [3.8, 4) is 0 Å². The fraction of sp³-hybridized carbons (Fsp3) is 0.308. The SMILES string of the molecule is CC(CNCc1cccc(Br)c1)c1nccs1. The molecule has 0 aliphatic heterocycles. The maximum absolute atomic E-state index is 4.33. The van der Waals surface area contributed by atoms with Crippen LogP contribution in [0.15, 0.2) is 40.3 Å². The summed E-state index contributed by atoms with van der Waals surface area (Å²) in [5, 5.41) is 6.69. The summed E-state index contributed by atoms with van der Waals surface area (Å²) in [6.45, 7) is 4.06. The zero-order valence-corrected chi connectivity index (χ0v) is 12.1. The van der Waals surface area contributed by atoms with Crippen LogP contribution in [-0.2, 0) is 6.54 Å². The van der Waals surface area contributed by atoms with Crippen LogP contribution in [0.5, 0.6) is 0 Å². The highest BCUT2D eigenvalue weighted by atomic mass is 79.9. The quantitative estimate of drug-likeness (QED) is 0.908. The van der Waals surface area contributed by atoms with Gasteiger partial charge in [-0.2, -0.15) is 0 Å². The Labute approximate surface area is 114 Å². The minimum atomic E-state index is 0.474. The van der Waals surface area contributed by atoms with Crippen LogP contribution in [0.3, 0.4) is 0 Å². The van der Waals surface area contributed by atoms with Gasteiger partial charge in [-0.1, -0.05) is 35.0 Å². The average Bonchev–Trinajstić information content (AvgIpc) is 2.82. The van der Waals surface area contributed by atoms with Crippen molar-refractivity contribution < 1.29 is 0 Å². The van der Waals surface area contributed by atoms with Crippen molar-refractivity contribution in [1.29, 1.82) is 0 Å². The van der Waals surface area contributed by atoms with E-state index in [9.17, 15) is 0 Å². The van der Waals surface area contributed by atoms with Crippen molar-refractivity contribution in [3.05, 3.63) is 50.9 Å². The van der Waals surface area contributed by atoms with E-state index < -0.39 is 0 Å². The van der Waals surface area contributed by atoms with E-state index in [0.717, 1.165) is 17.6 Å². The van der Waals surface area contributed by atoms with Crippen molar-refractivity contribution in [3.63, 3.8) is 0 Å². The van der Waals surface area contributed by atoms with Gasteiger partial charge in [0.25, 0.3) is 0 Å². The summed E-state index contributed by atoms with van der Waals surface area (Å²) in [4.78, 5) is 4.33. The Bertz CT molecular complexity index is 456. The fourth-order valence-electron chi connectivity index (χ4n) is 1.65. The molecule has 0 aliphatic carbocycles. The number of nitrogens with one attached hydrogen (secondary N) is 1. The van der Waals surface area contributed by atoms with E-state index in [1.54, 1.807) is 11.3 Å². The van der Waals surface area contributed by atoms with Gasteiger partial charge in [-0.3, -0.25) is 0 Å². The lowest BCUT2D eigenvalue weighted by Gasteiger charge is -2.10. The maximum atomic E-state index is 4.33. The second kappa shape index (κ2) is 6.28. The van der Waals surface area contributed by atoms with Gasteiger partial charge in [0.1, 0.15) is 0 Å². The highest BCUT2D eigenvalue weighted by Crippen LogP contribution is 2.17. The van der Waals surface area contributed by atoms with E-state index in [2.05, 4.69) is 51.4 Å². The molecule has 0 aliphatic rings. The topological polar surface area (TPSA) is 24.9 Å². The van der Waals surface area contributed by atoms with Gasteiger partial charge in [-0.15, -0.1) is 11.3 Å². The van der Waals surface area contributed by atoms with Crippen molar-refractivity contribution in [2.45, 2.75) is 19.4 Å². The summed E-state index contributed by atoms with van der Waals surface area (Å²) >= 11 is 5.20. The van der Waals surface area contributed by atoms with Crippen LogP contribution in [0, 0.1) is 0 Å². The number of hydrogen-bond acceptors (Lipinski definition) is 3. The minimum absolute atomic E-state index is 0.474. The lowest BCUT2D eigenvalue weighted by molar-refractivity contribution is 0.613. The first-order valence-electron chi connectivity index (χ1n) is 5.60. The molecule has 0 saturated carbocycles. The minimum Gasteiger partial charge on any atom is -0.312 e. The van der Waals surface area contributed by atoms with Crippen LogP contribution in [0.1, 0.15) is 23.4 Å². The van der Waals surface area contributed by atoms with Crippen molar-refractivity contribution in [2.24, 2.45) is 0 Å². The highest BCUT2D eigenvalue weighted by molar-refractivity contribution is 9.10. The predicted molar refractivity (Wildman–Crippen MR) is 76.4 cm³/mol. The molecule has 1 aromatic carbocycles. The van der Waals surface area contributed by atoms with E-state index in [0.29, 0.717) is 5.92 Å². The van der Waals surface area contributed by atoms with Crippen molar-refractivity contribution in [2.75, 3.05) is 6.54 Å². The Hall–Kier alpha value is -0.710.